The second kappa shape index (κ2) is 7.51. The maximum atomic E-state index is 11.4. The van der Waals surface area contributed by atoms with Crippen LogP contribution in [-0.2, 0) is 9.59 Å². The van der Waals surface area contributed by atoms with Crippen LogP contribution < -0.4 is 5.32 Å². The molecule has 1 amide bonds. The molecule has 15 heavy (non-hydrogen) atoms. The fourth-order valence-corrected chi connectivity index (χ4v) is 1.59. The Balaban J connectivity index is 4.63. The lowest BCUT2D eigenvalue weighted by molar-refractivity contribution is -0.118. The molecule has 86 valence electrons. The Morgan fingerprint density at radius 1 is 1.20 bits per heavy atom. The summed E-state index contributed by atoms with van der Waals surface area (Å²) in [6, 6.07) is 0. The van der Waals surface area contributed by atoms with Gasteiger partial charge in [0.1, 0.15) is 0 Å². The first-order chi connectivity index (χ1) is 7.04. The highest BCUT2D eigenvalue weighted by Gasteiger charge is 2.12. The Morgan fingerprint density at radius 3 is 2.20 bits per heavy atom. The maximum absolute atomic E-state index is 11.4. The molecule has 0 aromatic rings. The van der Waals surface area contributed by atoms with Gasteiger partial charge in [0.05, 0.1) is 0 Å². The number of hydrogen-bond acceptors (Lipinski definition) is 3. The van der Waals surface area contributed by atoms with Gasteiger partial charge in [0, 0.05) is 18.2 Å². The van der Waals surface area contributed by atoms with Crippen molar-refractivity contribution in [3.63, 3.8) is 0 Å². The molecule has 0 aromatic carbocycles. The molecule has 0 radical (unpaired) electrons. The molecule has 0 unspecified atom stereocenters. The number of allylic oxidation sites excluding steroid dienone is 1. The van der Waals surface area contributed by atoms with Crippen molar-refractivity contribution in [2.75, 3.05) is 12.8 Å². The van der Waals surface area contributed by atoms with E-state index in [2.05, 4.69) is 17.9 Å². The van der Waals surface area contributed by atoms with E-state index in [-0.39, 0.29) is 11.7 Å². The van der Waals surface area contributed by atoms with Crippen molar-refractivity contribution in [3.05, 3.63) is 11.1 Å². The van der Waals surface area contributed by atoms with E-state index in [0.717, 1.165) is 18.6 Å². The summed E-state index contributed by atoms with van der Waals surface area (Å²) >= 11 is 4.11. The van der Waals surface area contributed by atoms with Crippen molar-refractivity contribution in [2.24, 2.45) is 0 Å². The summed E-state index contributed by atoms with van der Waals surface area (Å²) in [7, 11) is 1.57. The van der Waals surface area contributed by atoms with E-state index in [0.29, 0.717) is 17.6 Å². The Labute approximate surface area is 96.7 Å². The largest absolute Gasteiger partial charge is 0.355 e. The van der Waals surface area contributed by atoms with Crippen LogP contribution in [0.15, 0.2) is 11.1 Å². The van der Waals surface area contributed by atoms with Crippen LogP contribution in [0.25, 0.3) is 0 Å². The molecule has 0 aliphatic carbocycles. The summed E-state index contributed by atoms with van der Waals surface area (Å²) in [5, 5.41) is 2.53. The van der Waals surface area contributed by atoms with Gasteiger partial charge in [-0.1, -0.05) is 0 Å². The van der Waals surface area contributed by atoms with Gasteiger partial charge < -0.3 is 5.32 Å². The number of unbranched alkanes of at least 4 members (excludes halogenated alkanes) is 1. The summed E-state index contributed by atoms with van der Waals surface area (Å²) in [4.78, 5) is 22.7. The Morgan fingerprint density at radius 2 is 1.80 bits per heavy atom. The molecular weight excluding hydrogens is 210 g/mol. The fraction of sp³-hybridized carbons (Fsp3) is 0.636. The number of amides is 1. The first-order valence-corrected chi connectivity index (χ1v) is 5.71. The smallest absolute Gasteiger partial charge is 0.247 e. The van der Waals surface area contributed by atoms with Crippen LogP contribution in [0.2, 0.25) is 0 Å². The van der Waals surface area contributed by atoms with Gasteiger partial charge >= 0.3 is 0 Å². The molecule has 0 saturated heterocycles. The maximum Gasteiger partial charge on any atom is 0.247 e. The van der Waals surface area contributed by atoms with Crippen LogP contribution >= 0.6 is 12.6 Å². The van der Waals surface area contributed by atoms with Crippen molar-refractivity contribution in [1.29, 1.82) is 0 Å². The number of hydrogen-bond donors (Lipinski definition) is 2. The van der Waals surface area contributed by atoms with Crippen molar-refractivity contribution in [1.82, 2.24) is 5.32 Å². The predicted molar refractivity (Wildman–Crippen MR) is 65.2 cm³/mol. The number of ketones is 1. The van der Waals surface area contributed by atoms with Gasteiger partial charge in [-0.05, 0) is 38.9 Å². The third-order valence-electron chi connectivity index (χ3n) is 2.28. The van der Waals surface area contributed by atoms with Gasteiger partial charge in [-0.3, -0.25) is 9.59 Å². The van der Waals surface area contributed by atoms with E-state index in [1.165, 1.54) is 6.92 Å². The van der Waals surface area contributed by atoms with Gasteiger partial charge in [0.2, 0.25) is 5.91 Å². The minimum absolute atomic E-state index is 0.0183. The number of rotatable bonds is 6. The molecule has 0 aromatic heterocycles. The molecule has 0 saturated carbocycles. The number of carbonyl (C=O) groups excluding carboxylic acids is 2. The Hall–Kier alpha value is -0.770. The van der Waals surface area contributed by atoms with Crippen molar-refractivity contribution in [2.45, 2.75) is 33.1 Å². The van der Waals surface area contributed by atoms with Gasteiger partial charge in [0.15, 0.2) is 5.78 Å². The topological polar surface area (TPSA) is 46.2 Å². The molecule has 0 aliphatic rings. The first-order valence-electron chi connectivity index (χ1n) is 5.08. The van der Waals surface area contributed by atoms with Crippen LogP contribution in [0.3, 0.4) is 0 Å². The molecule has 0 bridgehead atoms. The summed E-state index contributed by atoms with van der Waals surface area (Å²) in [6.45, 7) is 3.19. The van der Waals surface area contributed by atoms with E-state index < -0.39 is 0 Å². The van der Waals surface area contributed by atoms with Crippen LogP contribution in [0, 0.1) is 0 Å². The number of nitrogens with one attached hydrogen (secondary N) is 1. The van der Waals surface area contributed by atoms with E-state index in [4.69, 9.17) is 0 Å². The van der Waals surface area contributed by atoms with Gasteiger partial charge in [-0.2, -0.15) is 12.6 Å². The molecule has 4 heteroatoms. The highest BCUT2D eigenvalue weighted by Crippen LogP contribution is 2.14. The van der Waals surface area contributed by atoms with Crippen LogP contribution in [0.1, 0.15) is 33.1 Å². The third kappa shape index (κ3) is 5.02. The second-order valence-electron chi connectivity index (χ2n) is 3.42. The monoisotopic (exact) mass is 229 g/mol. The van der Waals surface area contributed by atoms with Crippen molar-refractivity contribution in [3.8, 4) is 0 Å². The SMILES string of the molecule is CNC(=O)/C(C)=C(/CCCCS)C(C)=O. The molecule has 0 aliphatic heterocycles. The summed E-state index contributed by atoms with van der Waals surface area (Å²) in [5.41, 5.74) is 1.17. The van der Waals surface area contributed by atoms with Gasteiger partial charge in [-0.25, -0.2) is 0 Å². The normalized spacial score (nSPS) is 12.0. The molecule has 1 N–H and O–H groups in total. The number of carbonyl (C=O) groups is 2. The second-order valence-corrected chi connectivity index (χ2v) is 3.87. The molecule has 0 heterocycles. The summed E-state index contributed by atoms with van der Waals surface area (Å²) < 4.78 is 0. The van der Waals surface area contributed by atoms with E-state index >= 15 is 0 Å². The Kier molecular flexibility index (Phi) is 7.13. The minimum atomic E-state index is -0.175. The van der Waals surface area contributed by atoms with Crippen molar-refractivity contribution < 1.29 is 9.59 Å². The summed E-state index contributed by atoms with van der Waals surface area (Å²) in [5.74, 6) is 0.617. The zero-order valence-corrected chi connectivity index (χ0v) is 10.5. The molecule has 0 atom stereocenters. The van der Waals surface area contributed by atoms with Crippen LogP contribution in [0.4, 0.5) is 0 Å². The third-order valence-corrected chi connectivity index (χ3v) is 2.60. The quantitative estimate of drug-likeness (QED) is 0.414. The number of thiol groups is 1. The average Bonchev–Trinajstić information content (AvgIpc) is 2.22. The zero-order valence-electron chi connectivity index (χ0n) is 9.59. The highest BCUT2D eigenvalue weighted by atomic mass is 32.1. The lowest BCUT2D eigenvalue weighted by atomic mass is 9.99. The lowest BCUT2D eigenvalue weighted by Gasteiger charge is -2.08. The van der Waals surface area contributed by atoms with Gasteiger partial charge in [0.25, 0.3) is 0 Å². The van der Waals surface area contributed by atoms with Gasteiger partial charge in [-0.15, -0.1) is 0 Å². The molecule has 0 rings (SSSR count). The molecule has 3 nitrogen and oxygen atoms in total. The van der Waals surface area contributed by atoms with E-state index in [9.17, 15) is 9.59 Å². The standard InChI is InChI=1S/C11H19NO2S/c1-8(11(14)12-3)10(9(2)13)6-4-5-7-15/h15H,4-7H2,1-3H3,(H,12,14)/b10-8-. The first kappa shape index (κ1) is 14.2. The molecule has 0 spiro atoms. The fourth-order valence-electron chi connectivity index (χ4n) is 1.37. The number of Topliss-reactive ketones (excluding diaryl/α,β-unsaturated/α-hetero) is 1. The highest BCUT2D eigenvalue weighted by molar-refractivity contribution is 7.80. The average molecular weight is 229 g/mol. The Bertz CT molecular complexity index is 272. The molecule has 0 fully saturated rings. The van der Waals surface area contributed by atoms with Crippen molar-refractivity contribution >= 4 is 24.3 Å². The van der Waals surface area contributed by atoms with E-state index in [1.54, 1.807) is 14.0 Å². The lowest BCUT2D eigenvalue weighted by Crippen LogP contribution is -2.21. The molecular formula is C11H19NO2S. The minimum Gasteiger partial charge on any atom is -0.355 e. The summed E-state index contributed by atoms with van der Waals surface area (Å²) in [6.07, 6.45) is 2.52. The number of likely N-dealkylation sites (N-methyl/N-ethyl adjacent to an activating group) is 1. The predicted octanol–water partition coefficient (Wildman–Crippen LogP) is 1.74. The zero-order chi connectivity index (χ0) is 11.8. The van der Waals surface area contributed by atoms with Crippen LogP contribution in [0.5, 0.6) is 0 Å². The van der Waals surface area contributed by atoms with E-state index in [1.807, 2.05) is 0 Å². The van der Waals surface area contributed by atoms with Crippen LogP contribution in [-0.4, -0.2) is 24.5 Å².